The highest BCUT2D eigenvalue weighted by atomic mass is 16.5. The summed E-state index contributed by atoms with van der Waals surface area (Å²) in [5, 5.41) is 0. The SMILES string of the molecule is C.C1CCC1.CC.CCC(=O)CCC(=O)OC. The molecule has 1 rings (SSSR count). The van der Waals surface area contributed by atoms with Crippen molar-refractivity contribution in [3.05, 3.63) is 0 Å². The molecule has 0 aliphatic heterocycles. The van der Waals surface area contributed by atoms with Crippen molar-refractivity contribution in [2.45, 2.75) is 73.1 Å². The monoisotopic (exact) mass is 246 g/mol. The van der Waals surface area contributed by atoms with E-state index in [0.717, 1.165) is 0 Å². The number of methoxy groups -OCH3 is 1. The van der Waals surface area contributed by atoms with Gasteiger partial charge in [0.25, 0.3) is 0 Å². The van der Waals surface area contributed by atoms with Crippen LogP contribution < -0.4 is 0 Å². The van der Waals surface area contributed by atoms with Crippen molar-refractivity contribution in [1.29, 1.82) is 0 Å². The zero-order chi connectivity index (χ0) is 12.8. The fraction of sp³-hybridized carbons (Fsp3) is 0.857. The standard InChI is InChI=1S/C7H12O3.C4H8.C2H6.CH4/c1-3-6(8)4-5-7(9)10-2;1-2-4-3-1;1-2;/h3-5H2,1-2H3;1-4H2;1-2H3;1H4. The number of esters is 1. The number of ketones is 1. The second-order valence-electron chi connectivity index (χ2n) is 3.38. The predicted octanol–water partition coefficient (Wildman–Crippen LogP) is 4.14. The number of Topliss-reactive ketones (excluding diaryl/α,β-unsaturated/α-hetero) is 1. The molecule has 1 saturated carbocycles. The van der Waals surface area contributed by atoms with Gasteiger partial charge in [0, 0.05) is 12.8 Å². The van der Waals surface area contributed by atoms with Crippen LogP contribution in [-0.4, -0.2) is 18.9 Å². The van der Waals surface area contributed by atoms with Gasteiger partial charge in [0.05, 0.1) is 13.5 Å². The van der Waals surface area contributed by atoms with Crippen molar-refractivity contribution >= 4 is 11.8 Å². The van der Waals surface area contributed by atoms with Gasteiger partial charge in [0.15, 0.2) is 0 Å². The first-order valence-electron chi connectivity index (χ1n) is 6.29. The molecule has 0 aromatic carbocycles. The quantitative estimate of drug-likeness (QED) is 0.700. The molecule has 0 bridgehead atoms. The number of carbonyl (C=O) groups excluding carboxylic acids is 2. The lowest BCUT2D eigenvalue weighted by Gasteiger charge is -2.05. The van der Waals surface area contributed by atoms with E-state index in [-0.39, 0.29) is 25.6 Å². The van der Waals surface area contributed by atoms with Gasteiger partial charge in [-0.25, -0.2) is 0 Å². The predicted molar refractivity (Wildman–Crippen MR) is 73.1 cm³/mol. The van der Waals surface area contributed by atoms with Crippen molar-refractivity contribution in [2.75, 3.05) is 7.11 Å². The van der Waals surface area contributed by atoms with Crippen LogP contribution in [0.5, 0.6) is 0 Å². The molecule has 0 amide bonds. The number of rotatable bonds is 4. The van der Waals surface area contributed by atoms with Gasteiger partial charge in [-0.3, -0.25) is 9.59 Å². The molecule has 0 heterocycles. The molecule has 1 aliphatic rings. The molecule has 17 heavy (non-hydrogen) atoms. The normalized spacial score (nSPS) is 11.3. The Balaban J connectivity index is -0.000000232. The average Bonchev–Trinajstić information content (AvgIpc) is 2.25. The number of ether oxygens (including phenoxy) is 1. The number of hydrogen-bond acceptors (Lipinski definition) is 3. The minimum atomic E-state index is -0.318. The van der Waals surface area contributed by atoms with Gasteiger partial charge in [-0.1, -0.05) is 53.9 Å². The Labute approximate surface area is 107 Å². The Kier molecular flexibility index (Phi) is 22.1. The molecule has 104 valence electrons. The molecule has 0 N–H and O–H groups in total. The fourth-order valence-corrected chi connectivity index (χ4v) is 0.770. The highest BCUT2D eigenvalue weighted by Crippen LogP contribution is 2.15. The lowest BCUT2D eigenvalue weighted by Crippen LogP contribution is -2.04. The van der Waals surface area contributed by atoms with Crippen LogP contribution in [0.25, 0.3) is 0 Å². The largest absolute Gasteiger partial charge is 0.469 e. The van der Waals surface area contributed by atoms with Crippen LogP contribution in [0.15, 0.2) is 0 Å². The average molecular weight is 246 g/mol. The minimum absolute atomic E-state index is 0. The van der Waals surface area contributed by atoms with Crippen LogP contribution in [-0.2, 0) is 14.3 Å². The molecule has 0 aromatic rings. The molecule has 0 unspecified atom stereocenters. The summed E-state index contributed by atoms with van der Waals surface area (Å²) >= 11 is 0. The Hall–Kier alpha value is -0.860. The highest BCUT2D eigenvalue weighted by molar-refractivity contribution is 5.82. The van der Waals surface area contributed by atoms with Crippen LogP contribution in [0.1, 0.15) is 73.1 Å². The zero-order valence-electron chi connectivity index (χ0n) is 11.2. The third kappa shape index (κ3) is 17.7. The van der Waals surface area contributed by atoms with Crippen molar-refractivity contribution in [3.8, 4) is 0 Å². The van der Waals surface area contributed by atoms with Crippen molar-refractivity contribution in [1.82, 2.24) is 0 Å². The Morgan fingerprint density at radius 2 is 1.41 bits per heavy atom. The maximum atomic E-state index is 10.6. The Morgan fingerprint density at radius 1 is 1.00 bits per heavy atom. The number of hydrogen-bond donors (Lipinski definition) is 0. The maximum absolute atomic E-state index is 10.6. The van der Waals surface area contributed by atoms with E-state index in [0.29, 0.717) is 12.8 Å². The topological polar surface area (TPSA) is 43.4 Å². The summed E-state index contributed by atoms with van der Waals surface area (Å²) in [6, 6.07) is 0. The summed E-state index contributed by atoms with van der Waals surface area (Å²) < 4.78 is 4.35. The van der Waals surface area contributed by atoms with E-state index in [1.807, 2.05) is 13.8 Å². The van der Waals surface area contributed by atoms with E-state index in [1.54, 1.807) is 6.92 Å². The van der Waals surface area contributed by atoms with Gasteiger partial charge in [-0.2, -0.15) is 0 Å². The molecule has 0 spiro atoms. The van der Waals surface area contributed by atoms with Gasteiger partial charge in [-0.05, 0) is 0 Å². The molecule has 0 aromatic heterocycles. The summed E-state index contributed by atoms with van der Waals surface area (Å²) in [7, 11) is 1.32. The van der Waals surface area contributed by atoms with Gasteiger partial charge in [-0.15, -0.1) is 0 Å². The van der Waals surface area contributed by atoms with Gasteiger partial charge >= 0.3 is 5.97 Å². The molecule has 0 radical (unpaired) electrons. The van der Waals surface area contributed by atoms with E-state index in [9.17, 15) is 9.59 Å². The van der Waals surface area contributed by atoms with E-state index in [1.165, 1.54) is 32.8 Å². The molecule has 1 aliphatic carbocycles. The zero-order valence-corrected chi connectivity index (χ0v) is 11.2. The summed E-state index contributed by atoms with van der Waals surface area (Å²) in [5.74, 6) is -0.216. The first kappa shape index (κ1) is 21.4. The fourth-order valence-electron chi connectivity index (χ4n) is 0.770. The minimum Gasteiger partial charge on any atom is -0.469 e. The lowest BCUT2D eigenvalue weighted by molar-refractivity contribution is -0.141. The molecule has 0 atom stereocenters. The Morgan fingerprint density at radius 3 is 1.65 bits per heavy atom. The molecule has 1 fully saturated rings. The molecular weight excluding hydrogens is 216 g/mol. The first-order valence-corrected chi connectivity index (χ1v) is 6.29. The summed E-state index contributed by atoms with van der Waals surface area (Å²) in [6.45, 7) is 5.78. The highest BCUT2D eigenvalue weighted by Gasteiger charge is 2.03. The van der Waals surface area contributed by atoms with Crippen LogP contribution in [0.4, 0.5) is 0 Å². The van der Waals surface area contributed by atoms with E-state index in [4.69, 9.17) is 0 Å². The molecular formula is C14H30O3. The number of carbonyl (C=O) groups is 2. The van der Waals surface area contributed by atoms with E-state index in [2.05, 4.69) is 4.74 Å². The van der Waals surface area contributed by atoms with Crippen molar-refractivity contribution in [3.63, 3.8) is 0 Å². The maximum Gasteiger partial charge on any atom is 0.305 e. The van der Waals surface area contributed by atoms with Crippen LogP contribution in [0, 0.1) is 0 Å². The van der Waals surface area contributed by atoms with Crippen molar-refractivity contribution in [2.24, 2.45) is 0 Å². The molecule has 3 heteroatoms. The van der Waals surface area contributed by atoms with Crippen molar-refractivity contribution < 1.29 is 14.3 Å². The van der Waals surface area contributed by atoms with E-state index >= 15 is 0 Å². The third-order valence-electron chi connectivity index (χ3n) is 2.23. The van der Waals surface area contributed by atoms with E-state index < -0.39 is 0 Å². The summed E-state index contributed by atoms with van der Waals surface area (Å²) in [6.07, 6.45) is 7.02. The molecule has 0 saturated heterocycles. The summed E-state index contributed by atoms with van der Waals surface area (Å²) in [4.78, 5) is 21.1. The second kappa shape index (κ2) is 17.5. The van der Waals surface area contributed by atoms with Crippen LogP contribution in [0.3, 0.4) is 0 Å². The van der Waals surface area contributed by atoms with Crippen LogP contribution >= 0.6 is 0 Å². The van der Waals surface area contributed by atoms with Gasteiger partial charge in [0.2, 0.25) is 0 Å². The smallest absolute Gasteiger partial charge is 0.305 e. The third-order valence-corrected chi connectivity index (χ3v) is 2.23. The van der Waals surface area contributed by atoms with Gasteiger partial charge < -0.3 is 4.74 Å². The second-order valence-corrected chi connectivity index (χ2v) is 3.38. The summed E-state index contributed by atoms with van der Waals surface area (Å²) in [5.41, 5.74) is 0. The molecule has 3 nitrogen and oxygen atoms in total. The van der Waals surface area contributed by atoms with Crippen LogP contribution in [0.2, 0.25) is 0 Å². The lowest BCUT2D eigenvalue weighted by atomic mass is 10.0. The first-order chi connectivity index (χ1) is 7.70. The van der Waals surface area contributed by atoms with Gasteiger partial charge in [0.1, 0.15) is 5.78 Å². The Bertz CT molecular complexity index is 152.